The minimum absolute atomic E-state index is 0.153. The zero-order valence-corrected chi connectivity index (χ0v) is 13.9. The summed E-state index contributed by atoms with van der Waals surface area (Å²) >= 11 is 0. The molecule has 2 unspecified atom stereocenters. The highest BCUT2D eigenvalue weighted by molar-refractivity contribution is 5.89. The lowest BCUT2D eigenvalue weighted by Gasteiger charge is -2.38. The van der Waals surface area contributed by atoms with Crippen molar-refractivity contribution in [2.24, 2.45) is 0 Å². The molecule has 4 heteroatoms. The fourth-order valence-electron chi connectivity index (χ4n) is 3.31. The van der Waals surface area contributed by atoms with Gasteiger partial charge in [0.15, 0.2) is 0 Å². The Labute approximate surface area is 142 Å². The number of carbonyl (C=O) groups is 1. The van der Waals surface area contributed by atoms with Crippen LogP contribution in [0.4, 0.5) is 0 Å². The number of methoxy groups -OCH3 is 1. The largest absolute Gasteiger partial charge is 0.465 e. The zero-order valence-electron chi connectivity index (χ0n) is 13.9. The Morgan fingerprint density at radius 2 is 1.88 bits per heavy atom. The second-order valence-corrected chi connectivity index (χ2v) is 6.26. The predicted molar refractivity (Wildman–Crippen MR) is 92.6 cm³/mol. The highest BCUT2D eigenvalue weighted by Gasteiger charge is 2.28. The average molecular weight is 325 g/mol. The van der Waals surface area contributed by atoms with E-state index in [9.17, 15) is 9.90 Å². The quantitative estimate of drug-likeness (QED) is 0.877. The van der Waals surface area contributed by atoms with Gasteiger partial charge in [0.2, 0.25) is 0 Å². The van der Waals surface area contributed by atoms with Crippen molar-refractivity contribution < 1.29 is 14.6 Å². The molecule has 0 aromatic heterocycles. The number of carbonyl (C=O) groups excluding carboxylic acids is 1. The average Bonchev–Trinajstić information content (AvgIpc) is 2.63. The van der Waals surface area contributed by atoms with E-state index >= 15 is 0 Å². The monoisotopic (exact) mass is 325 g/mol. The summed E-state index contributed by atoms with van der Waals surface area (Å²) in [6.45, 7) is 1.72. The van der Waals surface area contributed by atoms with Crippen molar-refractivity contribution >= 4 is 5.97 Å². The first kappa shape index (κ1) is 16.7. The van der Waals surface area contributed by atoms with Crippen molar-refractivity contribution in [1.29, 1.82) is 0 Å². The lowest BCUT2D eigenvalue weighted by molar-refractivity contribution is 0.0363. The van der Waals surface area contributed by atoms with Crippen LogP contribution in [0.25, 0.3) is 0 Å². The number of aliphatic hydroxyl groups is 1. The number of rotatable bonds is 4. The second kappa shape index (κ2) is 7.60. The third-order valence-corrected chi connectivity index (χ3v) is 4.63. The van der Waals surface area contributed by atoms with Gasteiger partial charge in [0.25, 0.3) is 0 Å². The van der Waals surface area contributed by atoms with Gasteiger partial charge in [-0.2, -0.15) is 0 Å². The molecule has 4 nitrogen and oxygen atoms in total. The molecule has 1 heterocycles. The second-order valence-electron chi connectivity index (χ2n) is 6.26. The maximum absolute atomic E-state index is 11.6. The number of piperidine rings is 1. The Morgan fingerprint density at radius 1 is 1.17 bits per heavy atom. The molecular weight excluding hydrogens is 302 g/mol. The molecule has 1 saturated heterocycles. The van der Waals surface area contributed by atoms with Crippen LogP contribution >= 0.6 is 0 Å². The van der Waals surface area contributed by atoms with Gasteiger partial charge < -0.3 is 9.84 Å². The van der Waals surface area contributed by atoms with Crippen LogP contribution in [0.5, 0.6) is 0 Å². The van der Waals surface area contributed by atoms with Crippen molar-refractivity contribution in [3.05, 3.63) is 71.3 Å². The standard InChI is InChI=1S/C20H23NO3/c1-24-20(23)17-9-7-16(8-10-17)19-13-18(22)11-12-21(19)14-15-5-3-2-4-6-15/h2-10,18-19,22H,11-14H2,1H3. The molecule has 3 rings (SSSR count). The Balaban J connectivity index is 1.80. The molecule has 1 aliphatic heterocycles. The lowest BCUT2D eigenvalue weighted by Crippen LogP contribution is -2.38. The lowest BCUT2D eigenvalue weighted by atomic mass is 9.92. The molecular formula is C20H23NO3. The molecule has 24 heavy (non-hydrogen) atoms. The normalized spacial score (nSPS) is 21.4. The fourth-order valence-corrected chi connectivity index (χ4v) is 3.31. The highest BCUT2D eigenvalue weighted by Crippen LogP contribution is 2.32. The van der Waals surface area contributed by atoms with Crippen LogP contribution in [-0.4, -0.2) is 35.7 Å². The first-order valence-electron chi connectivity index (χ1n) is 8.31. The molecule has 2 atom stereocenters. The van der Waals surface area contributed by atoms with Crippen molar-refractivity contribution in [3.8, 4) is 0 Å². The molecule has 2 aromatic carbocycles. The van der Waals surface area contributed by atoms with E-state index in [1.54, 1.807) is 12.1 Å². The molecule has 1 fully saturated rings. The van der Waals surface area contributed by atoms with Crippen LogP contribution < -0.4 is 0 Å². The molecule has 126 valence electrons. The van der Waals surface area contributed by atoms with Gasteiger partial charge in [0.05, 0.1) is 18.8 Å². The summed E-state index contributed by atoms with van der Waals surface area (Å²) < 4.78 is 4.75. The molecule has 0 bridgehead atoms. The number of ether oxygens (including phenoxy) is 1. The third-order valence-electron chi connectivity index (χ3n) is 4.63. The minimum Gasteiger partial charge on any atom is -0.465 e. The maximum atomic E-state index is 11.6. The van der Waals surface area contributed by atoms with Crippen LogP contribution in [0.1, 0.15) is 40.4 Å². The van der Waals surface area contributed by atoms with E-state index in [2.05, 4.69) is 17.0 Å². The van der Waals surface area contributed by atoms with Gasteiger partial charge in [-0.15, -0.1) is 0 Å². The van der Waals surface area contributed by atoms with Crippen molar-refractivity contribution in [1.82, 2.24) is 4.90 Å². The van der Waals surface area contributed by atoms with E-state index in [0.717, 1.165) is 25.1 Å². The number of hydrogen-bond acceptors (Lipinski definition) is 4. The van der Waals surface area contributed by atoms with E-state index in [-0.39, 0.29) is 18.1 Å². The molecule has 1 N–H and O–H groups in total. The molecule has 1 aliphatic rings. The van der Waals surface area contributed by atoms with Crippen molar-refractivity contribution in [2.75, 3.05) is 13.7 Å². The van der Waals surface area contributed by atoms with Crippen LogP contribution in [0.15, 0.2) is 54.6 Å². The van der Waals surface area contributed by atoms with Gasteiger partial charge >= 0.3 is 5.97 Å². The SMILES string of the molecule is COC(=O)c1ccc(C2CC(O)CCN2Cc2ccccc2)cc1. The summed E-state index contributed by atoms with van der Waals surface area (Å²) in [5.41, 5.74) is 2.94. The van der Waals surface area contributed by atoms with Gasteiger partial charge in [-0.1, -0.05) is 42.5 Å². The minimum atomic E-state index is -0.327. The first-order chi connectivity index (χ1) is 11.7. The van der Waals surface area contributed by atoms with Crippen LogP contribution in [0.2, 0.25) is 0 Å². The number of esters is 1. The Hall–Kier alpha value is -2.17. The van der Waals surface area contributed by atoms with Gasteiger partial charge in [0, 0.05) is 19.1 Å². The van der Waals surface area contributed by atoms with Gasteiger partial charge in [-0.25, -0.2) is 4.79 Å². The summed E-state index contributed by atoms with van der Waals surface area (Å²) in [6.07, 6.45) is 1.23. The van der Waals surface area contributed by atoms with Crippen LogP contribution in [-0.2, 0) is 11.3 Å². The highest BCUT2D eigenvalue weighted by atomic mass is 16.5. The summed E-state index contributed by atoms with van der Waals surface area (Å²) in [5, 5.41) is 10.1. The van der Waals surface area contributed by atoms with Crippen molar-refractivity contribution in [2.45, 2.75) is 31.5 Å². The number of hydrogen-bond donors (Lipinski definition) is 1. The van der Waals surface area contributed by atoms with Crippen molar-refractivity contribution in [3.63, 3.8) is 0 Å². The van der Waals surface area contributed by atoms with E-state index in [0.29, 0.717) is 12.0 Å². The van der Waals surface area contributed by atoms with E-state index in [1.807, 2.05) is 30.3 Å². The van der Waals surface area contributed by atoms with Gasteiger partial charge in [-0.3, -0.25) is 4.90 Å². The number of nitrogens with zero attached hydrogens (tertiary/aromatic N) is 1. The van der Waals surface area contributed by atoms with E-state index < -0.39 is 0 Å². The van der Waals surface area contributed by atoms with E-state index in [4.69, 9.17) is 4.74 Å². The summed E-state index contributed by atoms with van der Waals surface area (Å²) in [7, 11) is 1.38. The third kappa shape index (κ3) is 3.83. The summed E-state index contributed by atoms with van der Waals surface area (Å²) in [5.74, 6) is -0.327. The fraction of sp³-hybridized carbons (Fsp3) is 0.350. The first-order valence-corrected chi connectivity index (χ1v) is 8.31. The van der Waals surface area contributed by atoms with Crippen LogP contribution in [0, 0.1) is 0 Å². The predicted octanol–water partition coefficient (Wildman–Crippen LogP) is 3.17. The smallest absolute Gasteiger partial charge is 0.337 e. The molecule has 0 saturated carbocycles. The molecule has 0 spiro atoms. The molecule has 0 radical (unpaired) electrons. The number of likely N-dealkylation sites (tertiary alicyclic amines) is 1. The van der Waals surface area contributed by atoms with Gasteiger partial charge in [0.1, 0.15) is 0 Å². The zero-order chi connectivity index (χ0) is 16.9. The molecule has 0 aliphatic carbocycles. The summed E-state index contributed by atoms with van der Waals surface area (Å²) in [4.78, 5) is 14.0. The maximum Gasteiger partial charge on any atom is 0.337 e. The molecule has 0 amide bonds. The van der Waals surface area contributed by atoms with Crippen LogP contribution in [0.3, 0.4) is 0 Å². The Morgan fingerprint density at radius 3 is 2.54 bits per heavy atom. The summed E-state index contributed by atoms with van der Waals surface area (Å²) in [6, 6.07) is 18.0. The number of aliphatic hydroxyl groups excluding tert-OH is 1. The topological polar surface area (TPSA) is 49.8 Å². The Bertz CT molecular complexity index is 669. The van der Waals surface area contributed by atoms with E-state index in [1.165, 1.54) is 12.7 Å². The van der Waals surface area contributed by atoms with Gasteiger partial charge in [-0.05, 0) is 36.1 Å². The Kier molecular flexibility index (Phi) is 5.28. The number of benzene rings is 2. The molecule has 2 aromatic rings.